The minimum absolute atomic E-state index is 0.191. The Hall–Kier alpha value is -3.09. The molecule has 4 rings (SSSR count). The molecule has 1 N–H and O–H groups in total. The number of carbonyl (C=O) groups excluding carboxylic acids is 3. The van der Waals surface area contributed by atoms with Crippen LogP contribution in [0.1, 0.15) is 24.0 Å². The lowest BCUT2D eigenvalue weighted by Gasteiger charge is -2.33. The highest BCUT2D eigenvalue weighted by atomic mass is 35.5. The van der Waals surface area contributed by atoms with E-state index in [-0.39, 0.29) is 29.4 Å². The number of benzene rings is 2. The number of hydrogen-bond acceptors (Lipinski definition) is 6. The van der Waals surface area contributed by atoms with Gasteiger partial charge < -0.3 is 15.0 Å². The molecule has 164 valence electrons. The van der Waals surface area contributed by atoms with Crippen LogP contribution in [-0.2, 0) is 24.0 Å². The minimum Gasteiger partial charge on any atom is -0.454 e. The first kappa shape index (κ1) is 22.1. The molecule has 0 aromatic heterocycles. The van der Waals surface area contributed by atoms with E-state index in [1.54, 1.807) is 12.1 Å². The number of nitriles is 1. The standard InChI is InChI=1S/C22H17ClFN3O4S/c23-15-4-1-13(10-25)17(9-15)26-19(28)11-31-21(30)18-12-32-22(8-7-20(29)27(18)22)14-2-5-16(24)6-3-14/h1-6,9,18H,7-8,11-12H2,(H,26,28)/t18-,22+/m0/s1. The molecule has 2 aromatic carbocycles. The van der Waals surface area contributed by atoms with Gasteiger partial charge in [0, 0.05) is 17.2 Å². The van der Waals surface area contributed by atoms with Crippen molar-refractivity contribution in [2.75, 3.05) is 17.7 Å². The zero-order valence-corrected chi connectivity index (χ0v) is 18.2. The number of fused-ring (bicyclic) bond motifs is 1. The highest BCUT2D eigenvalue weighted by Gasteiger charge is 2.57. The number of carbonyl (C=O) groups is 3. The molecule has 7 nitrogen and oxygen atoms in total. The number of ether oxygens (including phenoxy) is 1. The molecule has 0 radical (unpaired) electrons. The Morgan fingerprint density at radius 3 is 2.78 bits per heavy atom. The second-order valence-electron chi connectivity index (χ2n) is 7.34. The summed E-state index contributed by atoms with van der Waals surface area (Å²) in [7, 11) is 0. The second kappa shape index (κ2) is 8.81. The van der Waals surface area contributed by atoms with Crippen LogP contribution < -0.4 is 5.32 Å². The summed E-state index contributed by atoms with van der Waals surface area (Å²) >= 11 is 7.34. The van der Waals surface area contributed by atoms with E-state index in [0.29, 0.717) is 17.2 Å². The average Bonchev–Trinajstić information content (AvgIpc) is 3.32. The largest absolute Gasteiger partial charge is 0.454 e. The van der Waals surface area contributed by atoms with Crippen LogP contribution in [0.25, 0.3) is 0 Å². The van der Waals surface area contributed by atoms with Gasteiger partial charge in [-0.3, -0.25) is 9.59 Å². The number of esters is 1. The van der Waals surface area contributed by atoms with E-state index >= 15 is 0 Å². The monoisotopic (exact) mass is 473 g/mol. The third-order valence-electron chi connectivity index (χ3n) is 5.42. The van der Waals surface area contributed by atoms with Crippen molar-refractivity contribution in [3.05, 3.63) is 64.4 Å². The van der Waals surface area contributed by atoms with Gasteiger partial charge >= 0.3 is 5.97 Å². The van der Waals surface area contributed by atoms with Gasteiger partial charge in [0.05, 0.1) is 11.3 Å². The van der Waals surface area contributed by atoms with Gasteiger partial charge in [0.25, 0.3) is 5.91 Å². The normalized spacial score (nSPS) is 21.7. The summed E-state index contributed by atoms with van der Waals surface area (Å²) in [6.07, 6.45) is 0.762. The number of thioether (sulfide) groups is 1. The first-order chi connectivity index (χ1) is 15.3. The van der Waals surface area contributed by atoms with Gasteiger partial charge in [-0.2, -0.15) is 5.26 Å². The van der Waals surface area contributed by atoms with Gasteiger partial charge in [-0.1, -0.05) is 23.7 Å². The Morgan fingerprint density at radius 1 is 1.31 bits per heavy atom. The molecule has 2 amide bonds. The fraction of sp³-hybridized carbons (Fsp3) is 0.273. The maximum absolute atomic E-state index is 13.4. The van der Waals surface area contributed by atoms with Crippen LogP contribution in [0.4, 0.5) is 10.1 Å². The Kier molecular flexibility index (Phi) is 6.09. The molecule has 0 aliphatic carbocycles. The third-order valence-corrected chi connectivity index (χ3v) is 7.25. The lowest BCUT2D eigenvalue weighted by Crippen LogP contribution is -2.47. The molecular formula is C22H17ClFN3O4S. The number of amides is 2. The van der Waals surface area contributed by atoms with Crippen molar-refractivity contribution in [3.8, 4) is 6.07 Å². The van der Waals surface area contributed by atoms with Crippen molar-refractivity contribution < 1.29 is 23.5 Å². The molecule has 0 unspecified atom stereocenters. The molecule has 32 heavy (non-hydrogen) atoms. The van der Waals surface area contributed by atoms with Crippen molar-refractivity contribution in [3.63, 3.8) is 0 Å². The van der Waals surface area contributed by atoms with Gasteiger partial charge in [-0.25, -0.2) is 9.18 Å². The summed E-state index contributed by atoms with van der Waals surface area (Å²) in [6, 6.07) is 11.4. The number of hydrogen-bond donors (Lipinski definition) is 1. The maximum Gasteiger partial charge on any atom is 0.330 e. The van der Waals surface area contributed by atoms with Crippen molar-refractivity contribution in [1.82, 2.24) is 4.90 Å². The lowest BCUT2D eigenvalue weighted by molar-refractivity contribution is -0.155. The highest BCUT2D eigenvalue weighted by molar-refractivity contribution is 8.00. The Morgan fingerprint density at radius 2 is 2.06 bits per heavy atom. The second-order valence-corrected chi connectivity index (χ2v) is 9.07. The molecule has 0 bridgehead atoms. The zero-order chi connectivity index (χ0) is 22.9. The Balaban J connectivity index is 1.43. The molecule has 2 aromatic rings. The minimum atomic E-state index is -0.853. The van der Waals surface area contributed by atoms with Crippen LogP contribution in [0.2, 0.25) is 5.02 Å². The summed E-state index contributed by atoms with van der Waals surface area (Å²) in [5.41, 5.74) is 1.17. The Bertz CT molecular complexity index is 1140. The molecule has 2 atom stereocenters. The maximum atomic E-state index is 13.4. The van der Waals surface area contributed by atoms with Crippen molar-refractivity contribution in [2.45, 2.75) is 23.8 Å². The van der Waals surface area contributed by atoms with Crippen molar-refractivity contribution in [2.24, 2.45) is 0 Å². The van der Waals surface area contributed by atoms with Gasteiger partial charge in [0.1, 0.15) is 22.8 Å². The van der Waals surface area contributed by atoms with Gasteiger partial charge in [0.15, 0.2) is 6.61 Å². The van der Waals surface area contributed by atoms with E-state index in [2.05, 4.69) is 5.32 Å². The fourth-order valence-electron chi connectivity index (χ4n) is 3.96. The van der Waals surface area contributed by atoms with Crippen LogP contribution in [0.3, 0.4) is 0 Å². The topological polar surface area (TPSA) is 99.5 Å². The first-order valence-electron chi connectivity index (χ1n) is 9.72. The lowest BCUT2D eigenvalue weighted by atomic mass is 10.0. The third kappa shape index (κ3) is 4.04. The van der Waals surface area contributed by atoms with Gasteiger partial charge in [-0.05, 0) is 42.3 Å². The molecule has 0 saturated carbocycles. The molecule has 2 aliphatic rings. The van der Waals surface area contributed by atoms with Gasteiger partial charge in [-0.15, -0.1) is 11.8 Å². The number of halogens is 2. The number of anilines is 1. The molecule has 0 spiro atoms. The van der Waals surface area contributed by atoms with Gasteiger partial charge in [0.2, 0.25) is 5.91 Å². The Labute approximate surface area is 192 Å². The summed E-state index contributed by atoms with van der Waals surface area (Å²) in [4.78, 5) is 38.4. The van der Waals surface area contributed by atoms with E-state index in [1.165, 1.54) is 47.0 Å². The summed E-state index contributed by atoms with van der Waals surface area (Å²) in [5.74, 6) is -1.61. The van der Waals surface area contributed by atoms with Crippen LogP contribution in [0, 0.1) is 17.1 Å². The smallest absolute Gasteiger partial charge is 0.330 e. The summed E-state index contributed by atoms with van der Waals surface area (Å²) < 4.78 is 18.6. The molecular weight excluding hydrogens is 457 g/mol. The SMILES string of the molecule is N#Cc1ccc(Cl)cc1NC(=O)COC(=O)[C@@H]1CS[C@@]2(c3ccc(F)cc3)CCC(=O)N12. The van der Waals surface area contributed by atoms with E-state index in [0.717, 1.165) is 5.56 Å². The molecule has 10 heteroatoms. The van der Waals surface area contributed by atoms with Crippen molar-refractivity contribution >= 4 is 46.8 Å². The van der Waals surface area contributed by atoms with Crippen LogP contribution in [-0.4, -0.2) is 41.1 Å². The number of nitrogens with one attached hydrogen (secondary N) is 1. The highest BCUT2D eigenvalue weighted by Crippen LogP contribution is 2.54. The van der Waals surface area contributed by atoms with E-state index in [4.69, 9.17) is 21.6 Å². The van der Waals surface area contributed by atoms with Crippen molar-refractivity contribution in [1.29, 1.82) is 5.26 Å². The fourth-order valence-corrected chi connectivity index (χ4v) is 5.77. The summed E-state index contributed by atoms with van der Waals surface area (Å²) in [5, 5.41) is 12.0. The quantitative estimate of drug-likeness (QED) is 0.668. The van der Waals surface area contributed by atoms with E-state index in [1.807, 2.05) is 6.07 Å². The molecule has 2 aliphatic heterocycles. The van der Waals surface area contributed by atoms with Crippen LogP contribution >= 0.6 is 23.4 Å². The van der Waals surface area contributed by atoms with Crippen LogP contribution in [0.15, 0.2) is 42.5 Å². The first-order valence-corrected chi connectivity index (χ1v) is 11.1. The molecule has 2 saturated heterocycles. The number of rotatable bonds is 5. The molecule has 2 fully saturated rings. The predicted molar refractivity (Wildman–Crippen MR) is 116 cm³/mol. The van der Waals surface area contributed by atoms with Crippen LogP contribution in [0.5, 0.6) is 0 Å². The van der Waals surface area contributed by atoms with E-state index in [9.17, 15) is 18.8 Å². The zero-order valence-electron chi connectivity index (χ0n) is 16.6. The summed E-state index contributed by atoms with van der Waals surface area (Å²) in [6.45, 7) is -0.580. The molecule has 2 heterocycles. The van der Waals surface area contributed by atoms with E-state index < -0.39 is 29.4 Å². The predicted octanol–water partition coefficient (Wildman–Crippen LogP) is 3.42. The number of nitrogens with zero attached hydrogens (tertiary/aromatic N) is 2. The average molecular weight is 474 g/mol.